The fourth-order valence-corrected chi connectivity index (χ4v) is 4.89. The molecule has 0 aliphatic carbocycles. The second kappa shape index (κ2) is 9.51. The molecule has 1 aromatic heterocycles. The number of methoxy groups -OCH3 is 1. The molecule has 5 heteroatoms. The van der Waals surface area contributed by atoms with Gasteiger partial charge in [-0.25, -0.2) is 4.79 Å². The smallest absolute Gasteiger partial charge is 0.372 e. The number of aromatic carboxylic acids is 1. The van der Waals surface area contributed by atoms with Crippen LogP contribution in [0.15, 0.2) is 83.3 Å². The molecule has 36 heavy (non-hydrogen) atoms. The van der Waals surface area contributed by atoms with Crippen LogP contribution in [-0.4, -0.2) is 18.2 Å². The van der Waals surface area contributed by atoms with Crippen molar-refractivity contribution >= 4 is 27.7 Å². The molecule has 0 radical (unpaired) electrons. The molecule has 0 saturated heterocycles. The summed E-state index contributed by atoms with van der Waals surface area (Å²) in [4.78, 5) is 11.6. The monoisotopic (exact) mass is 479 g/mol. The maximum atomic E-state index is 11.6. The van der Waals surface area contributed by atoms with E-state index in [1.54, 1.807) is 14.0 Å². The topological polar surface area (TPSA) is 71.7 Å². The fraction of sp³-hybridized carbons (Fsp3) is 0.194. The molecule has 0 saturated carbocycles. The third-order valence-corrected chi connectivity index (χ3v) is 6.92. The second-order valence-corrected chi connectivity index (χ2v) is 9.25. The van der Waals surface area contributed by atoms with E-state index in [1.807, 2.05) is 36.4 Å². The summed E-state index contributed by atoms with van der Waals surface area (Å²) in [5, 5.41) is 16.3. The highest BCUT2D eigenvalue weighted by Gasteiger charge is 2.19. The number of furan rings is 1. The molecule has 5 nitrogen and oxygen atoms in total. The minimum atomic E-state index is -1.05. The van der Waals surface area contributed by atoms with Gasteiger partial charge in [-0.2, -0.15) is 0 Å². The van der Waals surface area contributed by atoms with E-state index in [9.17, 15) is 9.90 Å². The Morgan fingerprint density at radius 3 is 2.44 bits per heavy atom. The van der Waals surface area contributed by atoms with Gasteiger partial charge in [-0.1, -0.05) is 42.5 Å². The molecule has 4 aromatic carbocycles. The standard InChI is InChI=1S/C31H29NO4/c1-18-27-16-23(12-13-29(27)36-30(18)31(33)34)28-17-24(14-22-8-5-6-11-26(22)28)20(3)32-19(2)21-9-7-10-25(15-21)35-4/h5-17,19-20,32H,1-4H3,(H,33,34)/t19-,20?/m1/s1. The van der Waals surface area contributed by atoms with Crippen molar-refractivity contribution in [2.45, 2.75) is 32.9 Å². The molecule has 0 bridgehead atoms. The summed E-state index contributed by atoms with van der Waals surface area (Å²) in [7, 11) is 1.68. The van der Waals surface area contributed by atoms with Gasteiger partial charge in [-0.05, 0) is 90.2 Å². The molecule has 5 aromatic rings. The Labute approximate surface area is 210 Å². The highest BCUT2D eigenvalue weighted by Crippen LogP contribution is 2.36. The van der Waals surface area contributed by atoms with Crippen LogP contribution in [0.3, 0.4) is 0 Å². The van der Waals surface area contributed by atoms with Crippen molar-refractivity contribution in [3.63, 3.8) is 0 Å². The Balaban J connectivity index is 1.55. The molecule has 182 valence electrons. The molecule has 0 fully saturated rings. The number of aryl methyl sites for hydroxylation is 1. The van der Waals surface area contributed by atoms with Crippen molar-refractivity contribution in [3.8, 4) is 16.9 Å². The van der Waals surface area contributed by atoms with Gasteiger partial charge in [0.25, 0.3) is 0 Å². The molecule has 2 N–H and O–H groups in total. The summed E-state index contributed by atoms with van der Waals surface area (Å²) >= 11 is 0. The van der Waals surface area contributed by atoms with Crippen molar-refractivity contribution in [1.82, 2.24) is 5.32 Å². The Hall–Kier alpha value is -4.09. The van der Waals surface area contributed by atoms with Gasteiger partial charge in [-0.3, -0.25) is 0 Å². The highest BCUT2D eigenvalue weighted by molar-refractivity contribution is 6.01. The van der Waals surface area contributed by atoms with Gasteiger partial charge in [0.2, 0.25) is 5.76 Å². The zero-order valence-corrected chi connectivity index (χ0v) is 20.8. The number of nitrogens with one attached hydrogen (secondary N) is 1. The SMILES string of the molecule is COc1cccc([C@@H](C)NC(C)c2cc(-c3ccc4oc(C(=O)O)c(C)c4c3)c3ccccc3c2)c1. The van der Waals surface area contributed by atoms with Crippen LogP contribution in [-0.2, 0) is 0 Å². The van der Waals surface area contributed by atoms with Crippen LogP contribution < -0.4 is 10.1 Å². The molecule has 0 aliphatic rings. The molecule has 0 spiro atoms. The van der Waals surface area contributed by atoms with Crippen molar-refractivity contribution in [2.75, 3.05) is 7.11 Å². The number of hydrogen-bond acceptors (Lipinski definition) is 4. The molecule has 2 atom stereocenters. The Morgan fingerprint density at radius 2 is 1.67 bits per heavy atom. The van der Waals surface area contributed by atoms with E-state index in [-0.39, 0.29) is 17.8 Å². The predicted molar refractivity (Wildman–Crippen MR) is 144 cm³/mol. The van der Waals surface area contributed by atoms with Gasteiger partial charge in [-0.15, -0.1) is 0 Å². The zero-order valence-electron chi connectivity index (χ0n) is 20.8. The number of rotatable bonds is 7. The molecule has 5 rings (SSSR count). The third kappa shape index (κ3) is 4.34. The van der Waals surface area contributed by atoms with Gasteiger partial charge in [0.15, 0.2) is 0 Å². The predicted octanol–water partition coefficient (Wildman–Crippen LogP) is 7.68. The molecular formula is C31H29NO4. The van der Waals surface area contributed by atoms with Crippen LogP contribution in [0.2, 0.25) is 0 Å². The summed E-state index contributed by atoms with van der Waals surface area (Å²) in [5.74, 6) is -0.217. The van der Waals surface area contributed by atoms with Gasteiger partial charge < -0.3 is 19.6 Å². The summed E-state index contributed by atoms with van der Waals surface area (Å²) in [6.45, 7) is 6.12. The normalized spacial score (nSPS) is 13.1. The minimum Gasteiger partial charge on any atom is -0.497 e. The molecule has 0 amide bonds. The number of carbonyl (C=O) groups is 1. The van der Waals surface area contributed by atoms with E-state index in [0.717, 1.165) is 38.6 Å². The summed E-state index contributed by atoms with van der Waals surface area (Å²) in [5.41, 5.74) is 5.68. The summed E-state index contributed by atoms with van der Waals surface area (Å²) in [6.07, 6.45) is 0. The maximum absolute atomic E-state index is 11.6. The Bertz CT molecular complexity index is 1580. The lowest BCUT2D eigenvalue weighted by atomic mass is 9.92. The van der Waals surface area contributed by atoms with Crippen molar-refractivity contribution in [3.05, 3.63) is 101 Å². The molecule has 1 unspecified atom stereocenters. The third-order valence-electron chi connectivity index (χ3n) is 6.92. The Kier molecular flexibility index (Phi) is 6.25. The number of carboxylic acids is 1. The summed E-state index contributed by atoms with van der Waals surface area (Å²) in [6, 6.07) is 27.0. The second-order valence-electron chi connectivity index (χ2n) is 9.25. The van der Waals surface area contributed by atoms with Crippen molar-refractivity contribution < 1.29 is 19.1 Å². The van der Waals surface area contributed by atoms with Crippen LogP contribution in [0.25, 0.3) is 32.9 Å². The van der Waals surface area contributed by atoms with E-state index in [1.165, 1.54) is 5.56 Å². The van der Waals surface area contributed by atoms with Crippen molar-refractivity contribution in [1.29, 1.82) is 0 Å². The van der Waals surface area contributed by atoms with Crippen LogP contribution >= 0.6 is 0 Å². The van der Waals surface area contributed by atoms with Gasteiger partial charge >= 0.3 is 5.97 Å². The van der Waals surface area contributed by atoms with Crippen LogP contribution in [0.5, 0.6) is 5.75 Å². The quantitative estimate of drug-likeness (QED) is 0.250. The fourth-order valence-electron chi connectivity index (χ4n) is 4.89. The first-order valence-electron chi connectivity index (χ1n) is 12.0. The summed E-state index contributed by atoms with van der Waals surface area (Å²) < 4.78 is 11.0. The molecular weight excluding hydrogens is 450 g/mol. The minimum absolute atomic E-state index is 0.00916. The first kappa shape index (κ1) is 23.6. The number of carboxylic acid groups (broad SMARTS) is 1. The van der Waals surface area contributed by atoms with Gasteiger partial charge in [0.1, 0.15) is 11.3 Å². The zero-order chi connectivity index (χ0) is 25.4. The van der Waals surface area contributed by atoms with Crippen molar-refractivity contribution in [2.24, 2.45) is 0 Å². The number of benzene rings is 4. The lowest BCUT2D eigenvalue weighted by Crippen LogP contribution is -2.22. The van der Waals surface area contributed by atoms with E-state index < -0.39 is 5.97 Å². The first-order chi connectivity index (χ1) is 17.4. The number of fused-ring (bicyclic) bond motifs is 2. The van der Waals surface area contributed by atoms with E-state index in [2.05, 4.69) is 61.6 Å². The van der Waals surface area contributed by atoms with E-state index in [4.69, 9.17) is 9.15 Å². The van der Waals surface area contributed by atoms with Gasteiger partial charge in [0, 0.05) is 23.0 Å². The average Bonchev–Trinajstić information content (AvgIpc) is 3.24. The lowest BCUT2D eigenvalue weighted by molar-refractivity contribution is 0.0664. The average molecular weight is 480 g/mol. The highest BCUT2D eigenvalue weighted by atomic mass is 16.5. The first-order valence-corrected chi connectivity index (χ1v) is 12.0. The van der Waals surface area contributed by atoms with Gasteiger partial charge in [0.05, 0.1) is 7.11 Å². The number of hydrogen-bond donors (Lipinski definition) is 2. The number of ether oxygens (including phenoxy) is 1. The largest absolute Gasteiger partial charge is 0.497 e. The van der Waals surface area contributed by atoms with Crippen LogP contribution in [0.4, 0.5) is 0 Å². The van der Waals surface area contributed by atoms with Crippen LogP contribution in [0, 0.1) is 6.92 Å². The molecule has 1 heterocycles. The van der Waals surface area contributed by atoms with Crippen LogP contribution in [0.1, 0.15) is 53.2 Å². The molecule has 0 aliphatic heterocycles. The maximum Gasteiger partial charge on any atom is 0.372 e. The lowest BCUT2D eigenvalue weighted by Gasteiger charge is -2.22. The Morgan fingerprint density at radius 1 is 0.889 bits per heavy atom. The van der Waals surface area contributed by atoms with E-state index >= 15 is 0 Å². The van der Waals surface area contributed by atoms with E-state index in [0.29, 0.717) is 11.1 Å².